The zero-order valence-electron chi connectivity index (χ0n) is 19.5. The number of benzene rings is 3. The highest BCUT2D eigenvalue weighted by Gasteiger charge is 2.20. The third kappa shape index (κ3) is 5.62. The lowest BCUT2D eigenvalue weighted by molar-refractivity contribution is 0.177. The van der Waals surface area contributed by atoms with E-state index in [-0.39, 0.29) is 10.8 Å². The highest BCUT2D eigenvalue weighted by atomic mass is 32.2. The van der Waals surface area contributed by atoms with Crippen LogP contribution in [0.1, 0.15) is 5.56 Å². The number of hydrogen-bond acceptors (Lipinski definition) is 6. The molecule has 36 heavy (non-hydrogen) atoms. The molecule has 8 nitrogen and oxygen atoms in total. The predicted octanol–water partition coefficient (Wildman–Crippen LogP) is 3.95. The third-order valence-corrected chi connectivity index (χ3v) is 7.85. The summed E-state index contributed by atoms with van der Waals surface area (Å²) in [6.07, 6.45) is 2.95. The Bertz CT molecular complexity index is 1450. The number of thiocarbonyl (C=S) groups is 1. The molecule has 3 aromatic carbocycles. The molecule has 0 saturated carbocycles. The largest absolute Gasteiger partial charge is 0.346 e. The first-order valence-corrected chi connectivity index (χ1v) is 13.5. The van der Waals surface area contributed by atoms with Gasteiger partial charge in [0.1, 0.15) is 0 Å². The van der Waals surface area contributed by atoms with Gasteiger partial charge >= 0.3 is 0 Å². The standard InChI is InChI=1S/C26H26N6O2S2/c33-36(34,30-25-27-13-4-14-28-25)23-11-9-22(10-12-23)29-26(35)32-17-15-31(16-18-32)19-21-7-3-6-20-5-1-2-8-24(20)21/h1-14H,15-19H2,(H,29,35)(H,27,28,30). The van der Waals surface area contributed by atoms with Crippen LogP contribution in [-0.4, -0.2) is 59.5 Å². The van der Waals surface area contributed by atoms with Crippen LogP contribution < -0.4 is 10.0 Å². The van der Waals surface area contributed by atoms with E-state index in [1.54, 1.807) is 18.2 Å². The van der Waals surface area contributed by atoms with Crippen molar-refractivity contribution in [1.29, 1.82) is 0 Å². The smallest absolute Gasteiger partial charge is 0.264 e. The molecule has 1 aromatic heterocycles. The van der Waals surface area contributed by atoms with Gasteiger partial charge in [0.25, 0.3) is 10.0 Å². The molecule has 0 atom stereocenters. The fraction of sp³-hybridized carbons (Fsp3) is 0.192. The van der Waals surface area contributed by atoms with Crippen LogP contribution in [-0.2, 0) is 16.6 Å². The lowest BCUT2D eigenvalue weighted by atomic mass is 10.0. The van der Waals surface area contributed by atoms with Crippen LogP contribution in [0.25, 0.3) is 10.8 Å². The Morgan fingerprint density at radius 1 is 0.861 bits per heavy atom. The van der Waals surface area contributed by atoms with Gasteiger partial charge in [0, 0.05) is 50.8 Å². The first-order valence-electron chi connectivity index (χ1n) is 11.6. The maximum atomic E-state index is 12.6. The van der Waals surface area contributed by atoms with Gasteiger partial charge in [0.05, 0.1) is 4.90 Å². The van der Waals surface area contributed by atoms with Gasteiger partial charge in [-0.15, -0.1) is 0 Å². The molecule has 0 radical (unpaired) electrons. The second-order valence-electron chi connectivity index (χ2n) is 8.53. The number of aromatic nitrogens is 2. The van der Waals surface area contributed by atoms with E-state index >= 15 is 0 Å². The second-order valence-corrected chi connectivity index (χ2v) is 10.6. The summed E-state index contributed by atoms with van der Waals surface area (Å²) in [5.41, 5.74) is 2.07. The summed E-state index contributed by atoms with van der Waals surface area (Å²) in [5, 5.41) is 6.43. The average molecular weight is 519 g/mol. The van der Waals surface area contributed by atoms with E-state index in [2.05, 4.69) is 72.3 Å². The van der Waals surface area contributed by atoms with Gasteiger partial charge in [-0.25, -0.2) is 23.1 Å². The van der Waals surface area contributed by atoms with Gasteiger partial charge < -0.3 is 10.2 Å². The molecule has 0 amide bonds. The minimum atomic E-state index is -3.78. The Labute approximate surface area is 216 Å². The molecule has 2 N–H and O–H groups in total. The molecule has 184 valence electrons. The first-order chi connectivity index (χ1) is 17.5. The molecule has 2 heterocycles. The number of hydrogen-bond donors (Lipinski definition) is 2. The Hall–Kier alpha value is -3.60. The molecule has 1 aliphatic heterocycles. The van der Waals surface area contributed by atoms with Gasteiger partial charge in [-0.05, 0) is 58.9 Å². The summed E-state index contributed by atoms with van der Waals surface area (Å²) in [6, 6.07) is 23.0. The van der Waals surface area contributed by atoms with Crippen molar-refractivity contribution in [1.82, 2.24) is 19.8 Å². The highest BCUT2D eigenvalue weighted by molar-refractivity contribution is 7.92. The Morgan fingerprint density at radius 2 is 1.56 bits per heavy atom. The van der Waals surface area contributed by atoms with E-state index in [0.717, 1.165) is 38.4 Å². The molecule has 4 aromatic rings. The molecular formula is C26H26N6O2S2. The lowest BCUT2D eigenvalue weighted by Crippen LogP contribution is -2.49. The fourth-order valence-electron chi connectivity index (χ4n) is 4.23. The van der Waals surface area contributed by atoms with Gasteiger partial charge in [-0.3, -0.25) is 4.90 Å². The van der Waals surface area contributed by atoms with Crippen LogP contribution in [0.15, 0.2) is 90.1 Å². The summed E-state index contributed by atoms with van der Waals surface area (Å²) in [5.74, 6) is 0.0282. The number of sulfonamides is 1. The summed E-state index contributed by atoms with van der Waals surface area (Å²) < 4.78 is 27.5. The Balaban J connectivity index is 1.15. The normalized spacial score (nSPS) is 14.5. The van der Waals surface area contributed by atoms with Crippen molar-refractivity contribution >= 4 is 49.8 Å². The lowest BCUT2D eigenvalue weighted by Gasteiger charge is -2.36. The maximum Gasteiger partial charge on any atom is 0.264 e. The zero-order valence-corrected chi connectivity index (χ0v) is 21.2. The topological polar surface area (TPSA) is 90.5 Å². The average Bonchev–Trinajstić information content (AvgIpc) is 2.90. The SMILES string of the molecule is O=S(=O)(Nc1ncccn1)c1ccc(NC(=S)N2CCN(Cc3cccc4ccccc34)CC2)cc1. The number of nitrogens with zero attached hydrogens (tertiary/aromatic N) is 4. The van der Waals surface area contributed by atoms with Crippen molar-refractivity contribution in [2.75, 3.05) is 36.2 Å². The number of nitrogens with one attached hydrogen (secondary N) is 2. The Morgan fingerprint density at radius 3 is 2.31 bits per heavy atom. The molecule has 1 saturated heterocycles. The van der Waals surface area contributed by atoms with Crippen LogP contribution in [0.5, 0.6) is 0 Å². The van der Waals surface area contributed by atoms with E-state index in [1.807, 2.05) is 0 Å². The number of piperazine rings is 1. The van der Waals surface area contributed by atoms with E-state index < -0.39 is 10.0 Å². The van der Waals surface area contributed by atoms with E-state index in [0.29, 0.717) is 5.11 Å². The van der Waals surface area contributed by atoms with Crippen molar-refractivity contribution in [3.8, 4) is 0 Å². The molecule has 0 unspecified atom stereocenters. The van der Waals surface area contributed by atoms with Crippen LogP contribution in [0.4, 0.5) is 11.6 Å². The summed E-state index contributed by atoms with van der Waals surface area (Å²) in [7, 11) is -3.78. The van der Waals surface area contributed by atoms with Crippen molar-refractivity contribution in [2.45, 2.75) is 11.4 Å². The Kier molecular flexibility index (Phi) is 7.08. The molecule has 5 rings (SSSR count). The van der Waals surface area contributed by atoms with Crippen LogP contribution in [0.2, 0.25) is 0 Å². The number of anilines is 2. The van der Waals surface area contributed by atoms with E-state index in [1.165, 1.54) is 40.9 Å². The third-order valence-electron chi connectivity index (χ3n) is 6.14. The molecule has 1 fully saturated rings. The minimum absolute atomic E-state index is 0.0282. The quantitative estimate of drug-likeness (QED) is 0.371. The summed E-state index contributed by atoms with van der Waals surface area (Å²) in [6.45, 7) is 4.38. The van der Waals surface area contributed by atoms with Gasteiger partial charge in [-0.2, -0.15) is 0 Å². The van der Waals surface area contributed by atoms with Crippen LogP contribution in [0.3, 0.4) is 0 Å². The monoisotopic (exact) mass is 518 g/mol. The van der Waals surface area contributed by atoms with Gasteiger partial charge in [-0.1, -0.05) is 42.5 Å². The maximum absolute atomic E-state index is 12.6. The summed E-state index contributed by atoms with van der Waals surface area (Å²) in [4.78, 5) is 12.5. The van der Waals surface area contributed by atoms with E-state index in [9.17, 15) is 8.42 Å². The van der Waals surface area contributed by atoms with Crippen LogP contribution in [0, 0.1) is 0 Å². The van der Waals surface area contributed by atoms with Crippen molar-refractivity contribution < 1.29 is 8.42 Å². The molecule has 10 heteroatoms. The molecule has 1 aliphatic rings. The molecular weight excluding hydrogens is 492 g/mol. The first kappa shape index (κ1) is 24.1. The number of fused-ring (bicyclic) bond motifs is 1. The van der Waals surface area contributed by atoms with Gasteiger partial charge in [0.2, 0.25) is 5.95 Å². The molecule has 0 bridgehead atoms. The van der Waals surface area contributed by atoms with Gasteiger partial charge in [0.15, 0.2) is 5.11 Å². The summed E-state index contributed by atoms with van der Waals surface area (Å²) >= 11 is 5.63. The highest BCUT2D eigenvalue weighted by Crippen LogP contribution is 2.21. The number of rotatable bonds is 6. The van der Waals surface area contributed by atoms with Crippen molar-refractivity contribution in [2.24, 2.45) is 0 Å². The zero-order chi connectivity index (χ0) is 25.0. The molecule has 0 aliphatic carbocycles. The van der Waals surface area contributed by atoms with Crippen LogP contribution >= 0.6 is 12.2 Å². The predicted molar refractivity (Wildman–Crippen MR) is 146 cm³/mol. The second kappa shape index (κ2) is 10.6. The van der Waals surface area contributed by atoms with E-state index in [4.69, 9.17) is 12.2 Å². The molecule has 0 spiro atoms. The minimum Gasteiger partial charge on any atom is -0.346 e. The van der Waals surface area contributed by atoms with Crippen molar-refractivity contribution in [3.05, 3.63) is 90.8 Å². The fourth-order valence-corrected chi connectivity index (χ4v) is 5.49. The van der Waals surface area contributed by atoms with Crippen molar-refractivity contribution in [3.63, 3.8) is 0 Å².